The summed E-state index contributed by atoms with van der Waals surface area (Å²) in [6.07, 6.45) is 1.12. The molecule has 0 bridgehead atoms. The second-order valence-corrected chi connectivity index (χ2v) is 3.44. The first-order chi connectivity index (χ1) is 7.91. The van der Waals surface area contributed by atoms with Crippen LogP contribution in [0.15, 0.2) is 12.3 Å². The van der Waals surface area contributed by atoms with E-state index in [9.17, 15) is 14.0 Å². The summed E-state index contributed by atoms with van der Waals surface area (Å²) in [5.74, 6) is -3.45. The first-order valence-electron chi connectivity index (χ1n) is 4.78. The number of rotatable bonds is 5. The van der Waals surface area contributed by atoms with Crippen LogP contribution in [0.1, 0.15) is 34.9 Å². The number of aromatic carboxylic acids is 1. The van der Waals surface area contributed by atoms with Gasteiger partial charge in [-0.1, -0.05) is 0 Å². The van der Waals surface area contributed by atoms with E-state index in [1.165, 1.54) is 0 Å². The maximum Gasteiger partial charge on any atom is 0.357 e. The van der Waals surface area contributed by atoms with Crippen molar-refractivity contribution >= 4 is 11.9 Å². The van der Waals surface area contributed by atoms with Gasteiger partial charge in [-0.05, 0) is 18.1 Å². The topological polar surface area (TPSA) is 114 Å². The number of nitrogens with zero attached hydrogens (tertiary/aromatic N) is 1. The van der Waals surface area contributed by atoms with E-state index >= 15 is 0 Å². The molecule has 0 aliphatic heterocycles. The quantitative estimate of drug-likeness (QED) is 0.703. The summed E-state index contributed by atoms with van der Waals surface area (Å²) in [5.41, 5.74) is 5.21. The Morgan fingerprint density at radius 2 is 2.12 bits per heavy atom. The molecule has 0 fully saturated rings. The Labute approximate surface area is 95.9 Å². The van der Waals surface area contributed by atoms with Crippen molar-refractivity contribution in [2.45, 2.75) is 18.9 Å². The molecular weight excluding hydrogens is 231 g/mol. The lowest BCUT2D eigenvalue weighted by molar-refractivity contribution is -0.137. The minimum atomic E-state index is -1.46. The van der Waals surface area contributed by atoms with Crippen molar-refractivity contribution in [1.29, 1.82) is 0 Å². The van der Waals surface area contributed by atoms with Gasteiger partial charge in [-0.25, -0.2) is 14.2 Å². The molecule has 0 saturated carbocycles. The largest absolute Gasteiger partial charge is 0.481 e. The van der Waals surface area contributed by atoms with Crippen molar-refractivity contribution in [3.8, 4) is 0 Å². The van der Waals surface area contributed by atoms with Gasteiger partial charge in [0.05, 0.1) is 0 Å². The average Bonchev–Trinajstić information content (AvgIpc) is 2.25. The molecule has 1 rings (SSSR count). The smallest absolute Gasteiger partial charge is 0.357 e. The zero-order valence-electron chi connectivity index (χ0n) is 8.76. The Bertz CT molecular complexity index is 450. The minimum absolute atomic E-state index is 0.128. The van der Waals surface area contributed by atoms with Gasteiger partial charge in [0, 0.05) is 18.7 Å². The number of carboxylic acids is 2. The number of nitrogens with two attached hydrogens (primary N) is 1. The van der Waals surface area contributed by atoms with E-state index in [-0.39, 0.29) is 18.4 Å². The summed E-state index contributed by atoms with van der Waals surface area (Å²) in [5, 5.41) is 17.0. The lowest BCUT2D eigenvalue weighted by atomic mass is 10.0. The van der Waals surface area contributed by atoms with Crippen LogP contribution in [0.3, 0.4) is 0 Å². The van der Waals surface area contributed by atoms with Crippen LogP contribution in [0.4, 0.5) is 4.39 Å². The van der Waals surface area contributed by atoms with Crippen LogP contribution in [-0.4, -0.2) is 27.1 Å². The highest BCUT2D eigenvalue weighted by Gasteiger charge is 2.15. The third-order valence-corrected chi connectivity index (χ3v) is 2.16. The van der Waals surface area contributed by atoms with Gasteiger partial charge in [0.1, 0.15) is 0 Å². The molecule has 0 radical (unpaired) electrons. The van der Waals surface area contributed by atoms with Crippen LogP contribution in [0.2, 0.25) is 0 Å². The van der Waals surface area contributed by atoms with E-state index in [0.29, 0.717) is 0 Å². The molecule has 17 heavy (non-hydrogen) atoms. The van der Waals surface area contributed by atoms with Crippen LogP contribution >= 0.6 is 0 Å². The maximum atomic E-state index is 13.2. The van der Waals surface area contributed by atoms with E-state index in [4.69, 9.17) is 15.9 Å². The predicted octanol–water partition coefficient (Wildman–Crippen LogP) is 0.783. The van der Waals surface area contributed by atoms with Crippen LogP contribution in [0.25, 0.3) is 0 Å². The number of halogens is 1. The van der Waals surface area contributed by atoms with Crippen molar-refractivity contribution in [3.63, 3.8) is 0 Å². The summed E-state index contributed by atoms with van der Waals surface area (Å²) < 4.78 is 13.2. The summed E-state index contributed by atoms with van der Waals surface area (Å²) in [4.78, 5) is 24.3. The van der Waals surface area contributed by atoms with Gasteiger partial charge in [-0.2, -0.15) is 0 Å². The van der Waals surface area contributed by atoms with E-state index in [1.54, 1.807) is 0 Å². The van der Waals surface area contributed by atoms with Gasteiger partial charge >= 0.3 is 11.9 Å². The fourth-order valence-corrected chi connectivity index (χ4v) is 1.26. The molecule has 0 spiro atoms. The molecule has 4 N–H and O–H groups in total. The Morgan fingerprint density at radius 3 is 2.59 bits per heavy atom. The van der Waals surface area contributed by atoms with Crippen LogP contribution in [0, 0.1) is 5.82 Å². The number of carbonyl (C=O) groups is 2. The number of aromatic nitrogens is 1. The molecule has 7 heteroatoms. The molecule has 0 amide bonds. The lowest BCUT2D eigenvalue weighted by Crippen LogP contribution is -2.14. The monoisotopic (exact) mass is 242 g/mol. The second-order valence-electron chi connectivity index (χ2n) is 3.44. The second kappa shape index (κ2) is 5.35. The first-order valence-corrected chi connectivity index (χ1v) is 4.78. The SMILES string of the molecule is N[C@@H](CCC(=O)O)c1cnc(C(=O)O)c(F)c1. The Morgan fingerprint density at radius 1 is 1.47 bits per heavy atom. The highest BCUT2D eigenvalue weighted by atomic mass is 19.1. The highest BCUT2D eigenvalue weighted by Crippen LogP contribution is 2.17. The van der Waals surface area contributed by atoms with Gasteiger partial charge in [0.2, 0.25) is 0 Å². The number of hydrogen-bond donors (Lipinski definition) is 3. The molecule has 0 unspecified atom stereocenters. The van der Waals surface area contributed by atoms with Gasteiger partial charge < -0.3 is 15.9 Å². The third kappa shape index (κ3) is 3.49. The average molecular weight is 242 g/mol. The highest BCUT2D eigenvalue weighted by molar-refractivity contribution is 5.85. The Hall–Kier alpha value is -2.02. The Kier molecular flexibility index (Phi) is 4.11. The standard InChI is InChI=1S/C10H11FN2O4/c11-6-3-5(4-13-9(6)10(16)17)7(12)1-2-8(14)15/h3-4,7H,1-2,12H2,(H,14,15)(H,16,17)/t7-/m0/s1. The van der Waals surface area contributed by atoms with E-state index in [2.05, 4.69) is 4.98 Å². The van der Waals surface area contributed by atoms with Crippen molar-refractivity contribution in [1.82, 2.24) is 4.98 Å². The molecule has 0 saturated heterocycles. The number of carboxylic acid groups (broad SMARTS) is 2. The minimum Gasteiger partial charge on any atom is -0.481 e. The number of hydrogen-bond acceptors (Lipinski definition) is 4. The molecule has 0 aliphatic carbocycles. The Balaban J connectivity index is 2.82. The normalized spacial score (nSPS) is 12.1. The fraction of sp³-hybridized carbons (Fsp3) is 0.300. The molecule has 1 aromatic rings. The van der Waals surface area contributed by atoms with Crippen molar-refractivity contribution in [3.05, 3.63) is 29.3 Å². The molecule has 1 aromatic heterocycles. The lowest BCUT2D eigenvalue weighted by Gasteiger charge is -2.10. The zero-order valence-corrected chi connectivity index (χ0v) is 8.76. The molecule has 6 nitrogen and oxygen atoms in total. The molecule has 1 atom stereocenters. The summed E-state index contributed by atoms with van der Waals surface area (Å²) in [6, 6.07) is 0.277. The third-order valence-electron chi connectivity index (χ3n) is 2.16. The molecule has 92 valence electrons. The molecular formula is C10H11FN2O4. The summed E-state index contributed by atoms with van der Waals surface area (Å²) in [7, 11) is 0. The van der Waals surface area contributed by atoms with Crippen molar-refractivity contribution in [2.24, 2.45) is 5.73 Å². The van der Waals surface area contributed by atoms with Crippen LogP contribution in [-0.2, 0) is 4.79 Å². The fourth-order valence-electron chi connectivity index (χ4n) is 1.26. The number of pyridine rings is 1. The van der Waals surface area contributed by atoms with E-state index < -0.39 is 29.5 Å². The molecule has 0 aromatic carbocycles. The van der Waals surface area contributed by atoms with Crippen molar-refractivity contribution < 1.29 is 24.2 Å². The molecule has 1 heterocycles. The van der Waals surface area contributed by atoms with Crippen molar-refractivity contribution in [2.75, 3.05) is 0 Å². The summed E-state index contributed by atoms with van der Waals surface area (Å²) >= 11 is 0. The van der Waals surface area contributed by atoms with Gasteiger partial charge in [-0.3, -0.25) is 4.79 Å². The van der Waals surface area contributed by atoms with E-state index in [1.807, 2.05) is 0 Å². The van der Waals surface area contributed by atoms with Crippen LogP contribution < -0.4 is 5.73 Å². The van der Waals surface area contributed by atoms with Crippen LogP contribution in [0.5, 0.6) is 0 Å². The maximum absolute atomic E-state index is 13.2. The zero-order chi connectivity index (χ0) is 13.0. The van der Waals surface area contributed by atoms with Gasteiger partial charge in [-0.15, -0.1) is 0 Å². The predicted molar refractivity (Wildman–Crippen MR) is 55.0 cm³/mol. The molecule has 0 aliphatic rings. The van der Waals surface area contributed by atoms with Gasteiger partial charge in [0.15, 0.2) is 11.5 Å². The first kappa shape index (κ1) is 13.0. The number of aliphatic carboxylic acids is 1. The van der Waals surface area contributed by atoms with E-state index in [0.717, 1.165) is 12.3 Å². The van der Waals surface area contributed by atoms with Gasteiger partial charge in [0.25, 0.3) is 0 Å². The summed E-state index contributed by atoms with van der Waals surface area (Å²) in [6.45, 7) is 0.